The van der Waals surface area contributed by atoms with Gasteiger partial charge < -0.3 is 4.90 Å². The normalized spacial score (nSPS) is 18.9. The van der Waals surface area contributed by atoms with Gasteiger partial charge in [0.2, 0.25) is 0 Å². The van der Waals surface area contributed by atoms with Crippen LogP contribution < -0.4 is 0 Å². The number of nitrogens with zero attached hydrogens (tertiary/aromatic N) is 2. The average molecular weight is 475 g/mol. The van der Waals surface area contributed by atoms with E-state index in [-0.39, 0.29) is 11.3 Å². The van der Waals surface area contributed by atoms with Crippen molar-refractivity contribution in [3.8, 4) is 11.1 Å². The summed E-state index contributed by atoms with van der Waals surface area (Å²) in [4.78, 5) is 17.5. The minimum Gasteiger partial charge on any atom is -0.331 e. The summed E-state index contributed by atoms with van der Waals surface area (Å²) < 4.78 is 0. The lowest BCUT2D eigenvalue weighted by Crippen LogP contribution is -2.45. The molecular formula is C33H34N2O. The highest BCUT2D eigenvalue weighted by molar-refractivity contribution is 5.98. The lowest BCUT2D eigenvalue weighted by atomic mass is 9.73. The Morgan fingerprint density at radius 1 is 0.806 bits per heavy atom. The van der Waals surface area contributed by atoms with Crippen LogP contribution >= 0.6 is 0 Å². The van der Waals surface area contributed by atoms with Crippen LogP contribution in [-0.2, 0) is 12.0 Å². The number of hydrogen-bond donors (Lipinski definition) is 0. The van der Waals surface area contributed by atoms with Gasteiger partial charge >= 0.3 is 0 Å². The maximum Gasteiger partial charge on any atom is 0.254 e. The Morgan fingerprint density at radius 2 is 1.42 bits per heavy atom. The third kappa shape index (κ3) is 3.83. The summed E-state index contributed by atoms with van der Waals surface area (Å²) in [6, 6.07) is 26.2. The molecule has 182 valence electrons. The summed E-state index contributed by atoms with van der Waals surface area (Å²) in [6.45, 7) is 7.93. The van der Waals surface area contributed by atoms with Crippen molar-refractivity contribution >= 4 is 5.91 Å². The molecule has 2 aliphatic heterocycles. The molecule has 0 atom stereocenters. The predicted octanol–water partition coefficient (Wildman–Crippen LogP) is 6.60. The number of carbonyl (C=O) groups excluding carboxylic acids is 1. The fourth-order valence-electron chi connectivity index (χ4n) is 6.68. The van der Waals surface area contributed by atoms with Crippen LogP contribution in [0.1, 0.15) is 52.7 Å². The number of carbonyl (C=O) groups is 1. The molecule has 0 radical (unpaired) electrons. The zero-order valence-electron chi connectivity index (χ0n) is 20.9. The molecule has 0 saturated carbocycles. The molecule has 0 unspecified atom stereocenters. The lowest BCUT2D eigenvalue weighted by molar-refractivity contribution is 0.0607. The van der Waals surface area contributed by atoms with Crippen LogP contribution in [0.2, 0.25) is 0 Å². The van der Waals surface area contributed by atoms with Gasteiger partial charge in [-0.1, -0.05) is 85.0 Å². The second-order valence-electron chi connectivity index (χ2n) is 10.5. The minimum absolute atomic E-state index is 0.0381. The molecule has 3 aromatic rings. The molecule has 3 heteroatoms. The fourth-order valence-corrected chi connectivity index (χ4v) is 6.68. The first-order chi connectivity index (χ1) is 17.7. The van der Waals surface area contributed by atoms with Gasteiger partial charge in [0.05, 0.1) is 0 Å². The van der Waals surface area contributed by atoms with Gasteiger partial charge in [0.1, 0.15) is 0 Å². The Balaban J connectivity index is 1.10. The van der Waals surface area contributed by atoms with E-state index in [4.69, 9.17) is 0 Å². The summed E-state index contributed by atoms with van der Waals surface area (Å²) in [5, 5.41) is 0. The third-order valence-electron chi connectivity index (χ3n) is 8.51. The van der Waals surface area contributed by atoms with Crippen LogP contribution in [0, 0.1) is 0 Å². The first-order valence-electron chi connectivity index (χ1n) is 13.3. The molecule has 1 saturated heterocycles. The SMILES string of the molecule is C=CCC1(CC=CCN2CCC(N3Cc4ccccc4C3=O)CC2)c2ccccc2-c2ccccc21. The highest BCUT2D eigenvalue weighted by Crippen LogP contribution is 2.52. The number of amides is 1. The number of rotatable bonds is 7. The Hall–Kier alpha value is -3.43. The molecule has 0 aromatic heterocycles. The van der Waals surface area contributed by atoms with Crippen molar-refractivity contribution in [2.45, 2.75) is 43.7 Å². The van der Waals surface area contributed by atoms with Gasteiger partial charge in [0.25, 0.3) is 5.91 Å². The van der Waals surface area contributed by atoms with Gasteiger partial charge in [0, 0.05) is 43.2 Å². The fraction of sp³-hybridized carbons (Fsp3) is 0.303. The Morgan fingerprint density at radius 3 is 2.06 bits per heavy atom. The summed E-state index contributed by atoms with van der Waals surface area (Å²) >= 11 is 0. The molecule has 2 heterocycles. The molecule has 36 heavy (non-hydrogen) atoms. The summed E-state index contributed by atoms with van der Waals surface area (Å²) in [6.07, 6.45) is 10.8. The van der Waals surface area contributed by atoms with Crippen molar-refractivity contribution in [1.82, 2.24) is 9.80 Å². The van der Waals surface area contributed by atoms with Gasteiger partial charge in [-0.05, 0) is 59.6 Å². The van der Waals surface area contributed by atoms with Gasteiger partial charge in [-0.25, -0.2) is 0 Å². The van der Waals surface area contributed by atoms with Crippen molar-refractivity contribution in [2.75, 3.05) is 19.6 Å². The maximum atomic E-state index is 12.9. The van der Waals surface area contributed by atoms with Crippen molar-refractivity contribution in [1.29, 1.82) is 0 Å². The number of piperidine rings is 1. The van der Waals surface area contributed by atoms with E-state index < -0.39 is 0 Å². The lowest BCUT2D eigenvalue weighted by Gasteiger charge is -2.36. The van der Waals surface area contributed by atoms with E-state index in [2.05, 4.69) is 89.2 Å². The molecule has 1 fully saturated rings. The Bertz CT molecular complexity index is 1270. The average Bonchev–Trinajstić information content (AvgIpc) is 3.41. The molecule has 6 rings (SSSR count). The number of allylic oxidation sites excluding steroid dienone is 2. The molecule has 3 aromatic carbocycles. The van der Waals surface area contributed by atoms with E-state index in [0.29, 0.717) is 6.04 Å². The zero-order valence-corrected chi connectivity index (χ0v) is 20.9. The largest absolute Gasteiger partial charge is 0.331 e. The molecule has 0 N–H and O–H groups in total. The predicted molar refractivity (Wildman–Crippen MR) is 147 cm³/mol. The van der Waals surface area contributed by atoms with Crippen LogP contribution in [0.4, 0.5) is 0 Å². The van der Waals surface area contributed by atoms with Gasteiger partial charge in [-0.3, -0.25) is 9.69 Å². The highest BCUT2D eigenvalue weighted by atomic mass is 16.2. The van der Waals surface area contributed by atoms with Crippen LogP contribution in [-0.4, -0.2) is 41.4 Å². The molecule has 0 bridgehead atoms. The second kappa shape index (κ2) is 9.55. The van der Waals surface area contributed by atoms with Gasteiger partial charge in [-0.15, -0.1) is 6.58 Å². The second-order valence-corrected chi connectivity index (χ2v) is 10.5. The Kier molecular flexibility index (Phi) is 6.10. The molecular weight excluding hydrogens is 440 g/mol. The van der Waals surface area contributed by atoms with Crippen LogP contribution in [0.15, 0.2) is 97.6 Å². The van der Waals surface area contributed by atoms with Crippen LogP contribution in [0.3, 0.4) is 0 Å². The zero-order chi connectivity index (χ0) is 24.5. The standard InChI is InChI=1S/C33H34N2O/c1-2-19-33(30-15-7-5-13-28(30)29-14-6-8-16-31(29)33)20-9-10-21-34-22-17-26(18-23-34)35-24-25-11-3-4-12-27(25)32(35)36/h2-16,26H,1,17-24H2. The maximum absolute atomic E-state index is 12.9. The summed E-state index contributed by atoms with van der Waals surface area (Å²) in [5.74, 6) is 0.216. The van der Waals surface area contributed by atoms with Gasteiger partial charge in [0.15, 0.2) is 0 Å². The first kappa shape index (κ1) is 23.0. The number of benzene rings is 3. The molecule has 3 nitrogen and oxygen atoms in total. The van der Waals surface area contributed by atoms with E-state index >= 15 is 0 Å². The molecule has 0 spiro atoms. The van der Waals surface area contributed by atoms with Crippen molar-refractivity contribution in [3.63, 3.8) is 0 Å². The third-order valence-corrected chi connectivity index (χ3v) is 8.51. The number of likely N-dealkylation sites (tertiary alicyclic amines) is 1. The monoisotopic (exact) mass is 474 g/mol. The van der Waals surface area contributed by atoms with E-state index in [9.17, 15) is 4.79 Å². The molecule has 3 aliphatic rings. The van der Waals surface area contributed by atoms with Crippen molar-refractivity contribution in [3.05, 3.63) is 120 Å². The van der Waals surface area contributed by atoms with E-state index in [0.717, 1.165) is 57.4 Å². The Labute approximate surface area is 214 Å². The smallest absolute Gasteiger partial charge is 0.254 e. The molecule has 1 amide bonds. The number of fused-ring (bicyclic) bond motifs is 4. The summed E-state index contributed by atoms with van der Waals surface area (Å²) in [7, 11) is 0. The first-order valence-corrected chi connectivity index (χ1v) is 13.3. The van der Waals surface area contributed by atoms with E-state index in [1.165, 1.54) is 27.8 Å². The quantitative estimate of drug-likeness (QED) is 0.360. The van der Waals surface area contributed by atoms with Gasteiger partial charge in [-0.2, -0.15) is 0 Å². The van der Waals surface area contributed by atoms with Crippen LogP contribution in [0.5, 0.6) is 0 Å². The van der Waals surface area contributed by atoms with E-state index in [1.54, 1.807) is 0 Å². The minimum atomic E-state index is -0.0381. The van der Waals surface area contributed by atoms with Crippen molar-refractivity contribution < 1.29 is 4.79 Å². The van der Waals surface area contributed by atoms with Crippen molar-refractivity contribution in [2.24, 2.45) is 0 Å². The summed E-state index contributed by atoms with van der Waals surface area (Å²) in [5.41, 5.74) is 7.61. The highest BCUT2D eigenvalue weighted by Gasteiger charge is 2.41. The van der Waals surface area contributed by atoms with Crippen LogP contribution in [0.25, 0.3) is 11.1 Å². The van der Waals surface area contributed by atoms with E-state index in [1.807, 2.05) is 18.2 Å². The number of hydrogen-bond acceptors (Lipinski definition) is 2. The topological polar surface area (TPSA) is 23.6 Å². The molecule has 1 aliphatic carbocycles.